The summed E-state index contributed by atoms with van der Waals surface area (Å²) in [4.78, 5) is 12.8. The Balaban J connectivity index is 2.18. The van der Waals surface area contributed by atoms with Gasteiger partial charge >= 0.3 is 0 Å². The summed E-state index contributed by atoms with van der Waals surface area (Å²) in [5.74, 6) is 0. The van der Waals surface area contributed by atoms with Gasteiger partial charge in [-0.25, -0.2) is 0 Å². The lowest BCUT2D eigenvalue weighted by atomic mass is 10.1. The van der Waals surface area contributed by atoms with Crippen LogP contribution in [0.2, 0.25) is 0 Å². The van der Waals surface area contributed by atoms with Crippen LogP contribution in [-0.2, 0) is 0 Å². The van der Waals surface area contributed by atoms with E-state index in [0.29, 0.717) is 5.56 Å². The Morgan fingerprint density at radius 1 is 0.947 bits per heavy atom. The molecule has 1 aromatic carbocycles. The van der Waals surface area contributed by atoms with Crippen molar-refractivity contribution in [2.24, 2.45) is 0 Å². The van der Waals surface area contributed by atoms with Gasteiger partial charge in [-0.3, -0.25) is 10.1 Å². The molecule has 0 fully saturated rings. The van der Waals surface area contributed by atoms with Crippen molar-refractivity contribution >= 4 is 28.4 Å². The predicted octanol–water partition coefficient (Wildman–Crippen LogP) is 5.05. The molecule has 0 aliphatic carbocycles. The Kier molecular flexibility index (Phi) is 3.15. The summed E-state index contributed by atoms with van der Waals surface area (Å²) in [6.45, 7) is 0. The number of hydrogen-bond donors (Lipinski definition) is 0. The molecule has 0 N–H and O–H groups in total. The van der Waals surface area contributed by atoms with Crippen LogP contribution in [0.15, 0.2) is 53.2 Å². The molecule has 0 atom stereocenters. The summed E-state index contributed by atoms with van der Waals surface area (Å²) in [5.41, 5.74) is 1.86. The van der Waals surface area contributed by atoms with Crippen LogP contribution < -0.4 is 0 Å². The number of hydrogen-bond acceptors (Lipinski definition) is 4. The number of thiophene rings is 2. The molecule has 3 rings (SSSR count). The van der Waals surface area contributed by atoms with Crippen LogP contribution in [-0.4, -0.2) is 4.92 Å². The van der Waals surface area contributed by atoms with E-state index in [1.54, 1.807) is 23.5 Å². The monoisotopic (exact) mass is 287 g/mol. The molecular weight excluding hydrogens is 278 g/mol. The summed E-state index contributed by atoms with van der Waals surface area (Å²) in [6, 6.07) is 13.1. The molecule has 5 heteroatoms. The van der Waals surface area contributed by atoms with Gasteiger partial charge in [-0.15, -0.1) is 22.7 Å². The highest BCUT2D eigenvalue weighted by atomic mass is 32.1. The van der Waals surface area contributed by atoms with Gasteiger partial charge in [-0.1, -0.05) is 12.1 Å². The smallest absolute Gasteiger partial charge is 0.258 e. The number of nitrogens with zero attached hydrogens (tertiary/aromatic N) is 1. The summed E-state index contributed by atoms with van der Waals surface area (Å²) < 4.78 is 0. The molecule has 0 radical (unpaired) electrons. The number of nitro benzene ring substituents is 1. The molecule has 2 heterocycles. The second kappa shape index (κ2) is 4.95. The molecule has 19 heavy (non-hydrogen) atoms. The van der Waals surface area contributed by atoms with Crippen LogP contribution in [0, 0.1) is 10.1 Å². The van der Waals surface area contributed by atoms with Crippen LogP contribution >= 0.6 is 22.7 Å². The fourth-order valence-electron chi connectivity index (χ4n) is 1.92. The molecule has 2 aromatic heterocycles. The minimum Gasteiger partial charge on any atom is -0.258 e. The standard InChI is InChI=1S/C14H9NO2S2/c16-15(17)12-6-5-10(13-3-1-7-18-13)9-11(12)14-4-2-8-19-14/h1-9H. The highest BCUT2D eigenvalue weighted by Crippen LogP contribution is 2.37. The van der Waals surface area contributed by atoms with Gasteiger partial charge in [0.25, 0.3) is 5.69 Å². The first kappa shape index (κ1) is 12.1. The highest BCUT2D eigenvalue weighted by Gasteiger charge is 2.17. The van der Waals surface area contributed by atoms with Gasteiger partial charge in [0.15, 0.2) is 0 Å². The number of rotatable bonds is 3. The second-order valence-corrected chi connectivity index (χ2v) is 5.84. The Labute approximate surface area is 117 Å². The van der Waals surface area contributed by atoms with Gasteiger partial charge < -0.3 is 0 Å². The quantitative estimate of drug-likeness (QED) is 0.499. The van der Waals surface area contributed by atoms with E-state index in [9.17, 15) is 10.1 Å². The molecule has 94 valence electrons. The zero-order chi connectivity index (χ0) is 13.2. The summed E-state index contributed by atoms with van der Waals surface area (Å²) in [6.07, 6.45) is 0. The number of benzene rings is 1. The molecule has 0 bridgehead atoms. The maximum atomic E-state index is 11.1. The van der Waals surface area contributed by atoms with Crippen molar-refractivity contribution in [1.29, 1.82) is 0 Å². The lowest BCUT2D eigenvalue weighted by Crippen LogP contribution is -1.91. The average molecular weight is 287 g/mol. The van der Waals surface area contributed by atoms with Gasteiger partial charge in [-0.05, 0) is 40.6 Å². The minimum absolute atomic E-state index is 0.155. The predicted molar refractivity (Wildman–Crippen MR) is 79.7 cm³/mol. The SMILES string of the molecule is O=[N+]([O-])c1ccc(-c2cccs2)cc1-c1cccs1. The van der Waals surface area contributed by atoms with Crippen molar-refractivity contribution in [2.45, 2.75) is 0 Å². The fraction of sp³-hybridized carbons (Fsp3) is 0. The zero-order valence-electron chi connectivity index (χ0n) is 9.78. The lowest BCUT2D eigenvalue weighted by Gasteiger charge is -2.03. The first-order valence-electron chi connectivity index (χ1n) is 5.62. The molecule has 0 saturated heterocycles. The van der Waals surface area contributed by atoms with Crippen LogP contribution in [0.4, 0.5) is 5.69 Å². The summed E-state index contributed by atoms with van der Waals surface area (Å²) in [5, 5.41) is 15.1. The summed E-state index contributed by atoms with van der Waals surface area (Å²) in [7, 11) is 0. The Morgan fingerprint density at radius 2 is 1.63 bits per heavy atom. The topological polar surface area (TPSA) is 43.1 Å². The maximum Gasteiger partial charge on any atom is 0.278 e. The van der Waals surface area contributed by atoms with E-state index < -0.39 is 0 Å². The fourth-order valence-corrected chi connectivity index (χ4v) is 3.40. The van der Waals surface area contributed by atoms with Crippen molar-refractivity contribution in [3.8, 4) is 20.9 Å². The van der Waals surface area contributed by atoms with Gasteiger partial charge in [-0.2, -0.15) is 0 Å². The van der Waals surface area contributed by atoms with Gasteiger partial charge in [0, 0.05) is 15.8 Å². The molecule has 3 nitrogen and oxygen atoms in total. The van der Waals surface area contributed by atoms with Crippen LogP contribution in [0.1, 0.15) is 0 Å². The molecule has 0 aliphatic heterocycles. The van der Waals surface area contributed by atoms with Gasteiger partial charge in [0.1, 0.15) is 0 Å². The van der Waals surface area contributed by atoms with E-state index in [4.69, 9.17) is 0 Å². The number of nitro groups is 1. The van der Waals surface area contributed by atoms with Crippen molar-refractivity contribution in [1.82, 2.24) is 0 Å². The Morgan fingerprint density at radius 3 is 2.21 bits per heavy atom. The normalized spacial score (nSPS) is 10.5. The van der Waals surface area contributed by atoms with Gasteiger partial charge in [0.2, 0.25) is 0 Å². The molecule has 0 amide bonds. The van der Waals surface area contributed by atoms with E-state index in [2.05, 4.69) is 0 Å². The van der Waals surface area contributed by atoms with Crippen LogP contribution in [0.25, 0.3) is 20.9 Å². The molecule has 0 saturated carbocycles. The van der Waals surface area contributed by atoms with E-state index >= 15 is 0 Å². The molecule has 0 aliphatic rings. The molecule has 0 spiro atoms. The highest BCUT2D eigenvalue weighted by molar-refractivity contribution is 7.14. The minimum atomic E-state index is -0.326. The largest absolute Gasteiger partial charge is 0.278 e. The second-order valence-electron chi connectivity index (χ2n) is 3.94. The Bertz CT molecular complexity index is 703. The van der Waals surface area contributed by atoms with Crippen LogP contribution in [0.3, 0.4) is 0 Å². The van der Waals surface area contributed by atoms with E-state index in [0.717, 1.165) is 15.3 Å². The molecular formula is C14H9NO2S2. The van der Waals surface area contributed by atoms with Crippen molar-refractivity contribution in [3.05, 3.63) is 63.3 Å². The van der Waals surface area contributed by atoms with Gasteiger partial charge in [0.05, 0.1) is 10.5 Å². The molecule has 3 aromatic rings. The van der Waals surface area contributed by atoms with E-state index in [1.807, 2.05) is 41.1 Å². The van der Waals surface area contributed by atoms with Crippen molar-refractivity contribution < 1.29 is 4.92 Å². The Hall–Kier alpha value is -1.98. The summed E-state index contributed by atoms with van der Waals surface area (Å²) >= 11 is 3.14. The lowest BCUT2D eigenvalue weighted by molar-refractivity contribution is -0.384. The van der Waals surface area contributed by atoms with Crippen molar-refractivity contribution in [3.63, 3.8) is 0 Å². The first-order chi connectivity index (χ1) is 9.25. The third-order valence-electron chi connectivity index (χ3n) is 2.79. The third-order valence-corrected chi connectivity index (χ3v) is 4.61. The van der Waals surface area contributed by atoms with E-state index in [-0.39, 0.29) is 10.6 Å². The van der Waals surface area contributed by atoms with Crippen LogP contribution in [0.5, 0.6) is 0 Å². The zero-order valence-corrected chi connectivity index (χ0v) is 11.4. The first-order valence-corrected chi connectivity index (χ1v) is 7.38. The molecule has 0 unspecified atom stereocenters. The third kappa shape index (κ3) is 2.30. The van der Waals surface area contributed by atoms with E-state index in [1.165, 1.54) is 11.3 Å². The van der Waals surface area contributed by atoms with Crippen molar-refractivity contribution in [2.75, 3.05) is 0 Å². The average Bonchev–Trinajstić information content (AvgIpc) is 3.11. The maximum absolute atomic E-state index is 11.1.